The quantitative estimate of drug-likeness (QED) is 0.0482. The van der Waals surface area contributed by atoms with Gasteiger partial charge in [-0.2, -0.15) is 13.0 Å². The number of ketones is 1. The Kier molecular flexibility index (Phi) is 12.3. The number of nitrogens with one attached hydrogen (secondary N) is 2. The normalized spacial score (nSPS) is 19.0. The average Bonchev–Trinajstić information content (AvgIpc) is 3.68. The van der Waals surface area contributed by atoms with Crippen molar-refractivity contribution in [3.05, 3.63) is 106 Å². The van der Waals surface area contributed by atoms with Crippen molar-refractivity contribution in [1.82, 2.24) is 0 Å². The maximum Gasteiger partial charge on any atom is 0.335 e. The lowest BCUT2D eigenvalue weighted by Crippen LogP contribution is -2.31. The lowest BCUT2D eigenvalue weighted by molar-refractivity contribution is -0.438. The highest BCUT2D eigenvalue weighted by Crippen LogP contribution is 2.44. The van der Waals surface area contributed by atoms with Crippen LogP contribution in [0.2, 0.25) is 0 Å². The fourth-order valence-corrected chi connectivity index (χ4v) is 9.17. The van der Waals surface area contributed by atoms with Gasteiger partial charge >= 0.3 is 5.97 Å². The largest absolute Gasteiger partial charge is 0.506 e. The van der Waals surface area contributed by atoms with Crippen LogP contribution in [0, 0.1) is 0 Å². The summed E-state index contributed by atoms with van der Waals surface area (Å²) in [4.78, 5) is 54.7. The molecule has 8 rings (SSSR count). The molecular weight excluding hydrogens is 829 g/mol. The van der Waals surface area contributed by atoms with E-state index in [0.29, 0.717) is 73.5 Å². The monoisotopic (exact) mass is 874 g/mol. The molecule has 3 aromatic carbocycles. The molecule has 1 aliphatic carbocycles. The van der Waals surface area contributed by atoms with E-state index >= 15 is 0 Å². The van der Waals surface area contributed by atoms with Crippen LogP contribution in [0.4, 0.5) is 22.7 Å². The van der Waals surface area contributed by atoms with E-state index in [1.165, 1.54) is 30.3 Å². The molecule has 6 N–H and O–H groups in total. The summed E-state index contributed by atoms with van der Waals surface area (Å²) in [5.74, 6) is -2.18. The number of hydrogen-bond acceptors (Lipinski definition) is 13. The molecule has 4 aliphatic heterocycles. The van der Waals surface area contributed by atoms with Crippen LogP contribution in [0.3, 0.4) is 0 Å². The minimum Gasteiger partial charge on any atom is -0.506 e. The number of carbonyl (C=O) groups excluding carboxylic acids is 3. The molecule has 61 heavy (non-hydrogen) atoms. The number of Topliss-reactive ketones (excluding diaryl/α,β-unsaturated/α-hetero) is 1. The zero-order valence-electron chi connectivity index (χ0n) is 34.4. The molecule has 2 amide bonds. The molecule has 18 heteroatoms. The maximum absolute atomic E-state index is 14.0. The number of aliphatic hydroxyl groups excluding tert-OH is 1. The van der Waals surface area contributed by atoms with E-state index in [2.05, 4.69) is 29.7 Å². The fourth-order valence-electron chi connectivity index (χ4n) is 8.24. The van der Waals surface area contributed by atoms with Crippen LogP contribution in [0.5, 0.6) is 0 Å². The number of allylic oxidation sites excluding steroid dienone is 5. The summed E-state index contributed by atoms with van der Waals surface area (Å²) in [6, 6.07) is 14.1. The van der Waals surface area contributed by atoms with Crippen LogP contribution in [0.25, 0.3) is 1.43 Å². The summed E-state index contributed by atoms with van der Waals surface area (Å²) in [6.45, 7) is 4.91. The van der Waals surface area contributed by atoms with Gasteiger partial charge in [0.2, 0.25) is 23.3 Å². The van der Waals surface area contributed by atoms with Gasteiger partial charge in [0, 0.05) is 77.6 Å². The number of rotatable bonds is 5. The van der Waals surface area contributed by atoms with E-state index in [-0.39, 0.29) is 75.6 Å². The number of carboxylic acid groups (broad SMARTS) is 1. The predicted molar refractivity (Wildman–Crippen MR) is 226 cm³/mol. The Labute approximate surface area is 357 Å². The molecule has 0 atom stereocenters. The second-order valence-corrected chi connectivity index (χ2v) is 17.9. The third kappa shape index (κ3) is 9.34. The summed E-state index contributed by atoms with van der Waals surface area (Å²) >= 11 is 0.818. The highest BCUT2D eigenvalue weighted by atomic mass is 32.2. The molecule has 16 nitrogen and oxygen atoms in total. The lowest BCUT2D eigenvalue weighted by Gasteiger charge is -2.25. The van der Waals surface area contributed by atoms with Crippen molar-refractivity contribution in [3.63, 3.8) is 0 Å². The third-order valence-corrected chi connectivity index (χ3v) is 12.7. The van der Waals surface area contributed by atoms with Crippen LogP contribution < -0.4 is 15.5 Å². The van der Waals surface area contributed by atoms with Crippen LogP contribution in [-0.2, 0) is 45.7 Å². The first-order valence-electron chi connectivity index (χ1n) is 20.1. The van der Waals surface area contributed by atoms with Gasteiger partial charge in [0.05, 0.1) is 39.1 Å². The van der Waals surface area contributed by atoms with Crippen LogP contribution in [0.15, 0.2) is 99.1 Å². The molecule has 0 radical (unpaired) electrons. The van der Waals surface area contributed by atoms with Crippen molar-refractivity contribution in [2.24, 2.45) is 0 Å². The smallest absolute Gasteiger partial charge is 0.335 e. The summed E-state index contributed by atoms with van der Waals surface area (Å²) < 4.78 is 47.7. The number of aromatic carboxylic acids is 1. The zero-order valence-corrected chi connectivity index (χ0v) is 35.0. The van der Waals surface area contributed by atoms with Gasteiger partial charge in [0.25, 0.3) is 11.5 Å². The molecule has 320 valence electrons. The summed E-state index contributed by atoms with van der Waals surface area (Å²) in [7, 11) is -4.49. The molecule has 0 fully saturated rings. The Bertz CT molecular complexity index is 2600. The first-order chi connectivity index (χ1) is 29.6. The summed E-state index contributed by atoms with van der Waals surface area (Å²) in [5, 5.41) is 33.8. The fraction of sp³-hybridized carbons (Fsp3) is 0.326. The van der Waals surface area contributed by atoms with Crippen molar-refractivity contribution in [1.29, 1.82) is 1.43 Å². The molecule has 0 saturated heterocycles. The van der Waals surface area contributed by atoms with E-state index in [0.717, 1.165) is 29.0 Å². The van der Waals surface area contributed by atoms with Gasteiger partial charge in [-0.1, -0.05) is 11.5 Å². The minimum atomic E-state index is -4.49. The van der Waals surface area contributed by atoms with E-state index in [1.54, 1.807) is 24.3 Å². The first kappa shape index (κ1) is 42.1. The topological polar surface area (TPSA) is 232 Å². The van der Waals surface area contributed by atoms with E-state index < -0.39 is 21.5 Å². The summed E-state index contributed by atoms with van der Waals surface area (Å²) in [6.07, 6.45) is 7.25. The standard InChI is InChI=1S/C43H44N4O12S2/c1-43(2)34-23-30(60-59-58-54)11-13-36(34)47-16-8-4-6-10-39(49)45-28-18-26(42(52)53)17-27(21-28)44-38(48)9-5-3-7-15-46-29(22-32-40(50)33(41(32)51)24-37(43)47)19-25-20-31(61(55,56)57)12-14-35(25)46/h11-14,17-18,20-24H,3-10,15-16,19H2,1-2H3,(H5-,44,45,48,49,50,51,52,53,54,55,56,57)/p+1/i/hD. The number of hydrogen-bond donors (Lipinski definition) is 6. The Morgan fingerprint density at radius 3 is 2.28 bits per heavy atom. The number of anilines is 3. The van der Waals surface area contributed by atoms with Crippen LogP contribution >= 0.6 is 12.0 Å². The van der Waals surface area contributed by atoms with Gasteiger partial charge in [-0.15, -0.1) is 4.33 Å². The first-order valence-corrected chi connectivity index (χ1v) is 21.9. The van der Waals surface area contributed by atoms with Gasteiger partial charge in [-0.3, -0.25) is 18.9 Å². The molecule has 0 unspecified atom stereocenters. The number of nitrogens with zero attached hydrogens (tertiary/aromatic N) is 2. The van der Waals surface area contributed by atoms with Gasteiger partial charge in [0.1, 0.15) is 12.3 Å². The van der Waals surface area contributed by atoms with Gasteiger partial charge in [-0.25, -0.2) is 10.1 Å². The number of amides is 2. The molecule has 4 bridgehead atoms. The van der Waals surface area contributed by atoms with Crippen molar-refractivity contribution in [2.75, 3.05) is 28.6 Å². The van der Waals surface area contributed by atoms with Crippen molar-refractivity contribution >= 4 is 74.2 Å². The number of carboxylic acids is 1. The molecule has 4 heterocycles. The third-order valence-electron chi connectivity index (χ3n) is 11.3. The molecule has 5 aliphatic rings. The summed E-state index contributed by atoms with van der Waals surface area (Å²) in [5.41, 5.74) is 4.42. The molecule has 0 spiro atoms. The highest BCUT2D eigenvalue weighted by molar-refractivity contribution is 7.94. The molecule has 0 saturated carbocycles. The second-order valence-electron chi connectivity index (χ2n) is 15.8. The molecule has 0 aromatic heterocycles. The lowest BCUT2D eigenvalue weighted by atomic mass is 9.78. The Morgan fingerprint density at radius 2 is 1.62 bits per heavy atom. The maximum atomic E-state index is 14.0. The van der Waals surface area contributed by atoms with E-state index in [4.69, 9.17) is 6.69 Å². The second kappa shape index (κ2) is 17.8. The number of carbonyl (C=O) groups is 4. The zero-order chi connectivity index (χ0) is 44.3. The van der Waals surface area contributed by atoms with Crippen molar-refractivity contribution < 1.29 is 61.6 Å². The van der Waals surface area contributed by atoms with E-state index in [1.807, 2.05) is 30.9 Å². The minimum absolute atomic E-state index is 0.0287. The van der Waals surface area contributed by atoms with Gasteiger partial charge < -0.3 is 25.7 Å². The number of fused-ring (bicyclic) bond motifs is 14. The Morgan fingerprint density at radius 1 is 0.918 bits per heavy atom. The van der Waals surface area contributed by atoms with E-state index in [9.17, 15) is 37.3 Å². The number of aliphatic hydroxyl groups is 1. The predicted octanol–water partition coefficient (Wildman–Crippen LogP) is 7.42. The number of benzene rings is 3. The Hall–Kier alpha value is -5.63. The molecule has 3 aromatic rings. The Balaban J connectivity index is 1.24. The van der Waals surface area contributed by atoms with Gasteiger partial charge in [0.15, 0.2) is 5.71 Å². The van der Waals surface area contributed by atoms with Crippen LogP contribution in [-0.4, -0.2) is 75.4 Å². The van der Waals surface area contributed by atoms with Gasteiger partial charge in [-0.05, 0) is 99.7 Å². The highest BCUT2D eigenvalue weighted by Gasteiger charge is 2.46. The SMILES string of the molecule is [2H]OC(=O)c1cc2cc(c1)NC(=O)CCCCC[N+]1=C(C=C3C(=O)C(=C3O)C=C3Cc4cc(S(=O)(=O)O)ccc4N3CCCCCC(=O)N2)C(C)(C)c2cc(SOOO)ccc21. The van der Waals surface area contributed by atoms with Crippen LogP contribution in [0.1, 0.15) is 86.7 Å². The molecular formula is C43H45N4O12S2+. The average molecular weight is 875 g/mol. The van der Waals surface area contributed by atoms with Crippen molar-refractivity contribution in [3.8, 4) is 0 Å². The van der Waals surface area contributed by atoms with Crippen molar-refractivity contribution in [2.45, 2.75) is 86.8 Å².